The third-order valence-electron chi connectivity index (χ3n) is 4.79. The van der Waals surface area contributed by atoms with Crippen molar-refractivity contribution in [2.75, 3.05) is 18.0 Å². The second kappa shape index (κ2) is 7.68. The van der Waals surface area contributed by atoms with Gasteiger partial charge in [0, 0.05) is 25.6 Å². The van der Waals surface area contributed by atoms with Crippen molar-refractivity contribution in [2.45, 2.75) is 33.2 Å². The summed E-state index contributed by atoms with van der Waals surface area (Å²) in [5, 5.41) is 2.92. The van der Waals surface area contributed by atoms with Gasteiger partial charge >= 0.3 is 0 Å². The van der Waals surface area contributed by atoms with Crippen molar-refractivity contribution in [1.29, 1.82) is 0 Å². The molecule has 1 fully saturated rings. The van der Waals surface area contributed by atoms with E-state index in [4.69, 9.17) is 0 Å². The maximum atomic E-state index is 12.9. The first-order valence-electron chi connectivity index (χ1n) is 8.78. The molecule has 1 aromatic carbocycles. The molecule has 6 nitrogen and oxygen atoms in total. The Labute approximate surface area is 151 Å². The number of amides is 1. The quantitative estimate of drug-likeness (QED) is 0.877. The molecule has 0 atom stereocenters. The summed E-state index contributed by atoms with van der Waals surface area (Å²) in [7, 11) is 0. The Kier molecular flexibility index (Phi) is 5.35. The number of aromatic amines is 1. The number of nitrogens with zero attached hydrogens (tertiary/aromatic N) is 2. The van der Waals surface area contributed by atoms with Crippen molar-refractivity contribution in [3.05, 3.63) is 57.4 Å². The summed E-state index contributed by atoms with van der Waals surface area (Å²) in [4.78, 5) is 33.5. The van der Waals surface area contributed by atoms with Crippen molar-refractivity contribution >= 4 is 11.7 Å². The highest BCUT2D eigenvalue weighted by atomic mass is 19.1. The molecule has 0 bridgehead atoms. The van der Waals surface area contributed by atoms with Crippen LogP contribution in [-0.4, -0.2) is 29.0 Å². The lowest BCUT2D eigenvalue weighted by molar-refractivity contribution is -0.125. The Morgan fingerprint density at radius 2 is 1.92 bits per heavy atom. The van der Waals surface area contributed by atoms with Crippen LogP contribution in [-0.2, 0) is 11.3 Å². The largest absolute Gasteiger partial charge is 0.356 e. The molecule has 0 unspecified atom stereocenters. The number of anilines is 1. The molecule has 0 saturated carbocycles. The summed E-state index contributed by atoms with van der Waals surface area (Å²) in [6.07, 6.45) is 1.42. The van der Waals surface area contributed by atoms with Crippen molar-refractivity contribution in [1.82, 2.24) is 15.3 Å². The van der Waals surface area contributed by atoms with Gasteiger partial charge in [-0.3, -0.25) is 9.59 Å². The van der Waals surface area contributed by atoms with Crippen LogP contribution < -0.4 is 15.8 Å². The van der Waals surface area contributed by atoms with Gasteiger partial charge in [-0.15, -0.1) is 0 Å². The highest BCUT2D eigenvalue weighted by molar-refractivity contribution is 5.79. The lowest BCUT2D eigenvalue weighted by atomic mass is 9.95. The van der Waals surface area contributed by atoms with E-state index < -0.39 is 0 Å². The van der Waals surface area contributed by atoms with E-state index in [1.54, 1.807) is 26.0 Å². The van der Waals surface area contributed by atoms with Crippen LogP contribution in [0.4, 0.5) is 10.2 Å². The van der Waals surface area contributed by atoms with Crippen molar-refractivity contribution in [2.24, 2.45) is 5.92 Å². The van der Waals surface area contributed by atoms with Crippen LogP contribution in [0, 0.1) is 25.6 Å². The van der Waals surface area contributed by atoms with Gasteiger partial charge in [0.2, 0.25) is 5.91 Å². The highest BCUT2D eigenvalue weighted by Gasteiger charge is 2.26. The minimum atomic E-state index is -0.286. The molecule has 1 amide bonds. The summed E-state index contributed by atoms with van der Waals surface area (Å²) >= 11 is 0. The van der Waals surface area contributed by atoms with Gasteiger partial charge in [-0.25, -0.2) is 9.37 Å². The highest BCUT2D eigenvalue weighted by Crippen LogP contribution is 2.23. The number of hydrogen-bond acceptors (Lipinski definition) is 4. The Morgan fingerprint density at radius 3 is 2.58 bits per heavy atom. The number of H-pyrrole nitrogens is 1. The monoisotopic (exact) mass is 358 g/mol. The molecule has 7 heteroatoms. The van der Waals surface area contributed by atoms with E-state index in [1.165, 1.54) is 12.1 Å². The molecule has 0 aliphatic carbocycles. The first kappa shape index (κ1) is 18.1. The van der Waals surface area contributed by atoms with Crippen molar-refractivity contribution in [3.8, 4) is 0 Å². The van der Waals surface area contributed by atoms with Crippen LogP contribution in [0.5, 0.6) is 0 Å². The van der Waals surface area contributed by atoms with Gasteiger partial charge in [-0.05, 0) is 44.4 Å². The Hall–Kier alpha value is -2.70. The van der Waals surface area contributed by atoms with Crippen LogP contribution in [0.3, 0.4) is 0 Å². The standard InChI is InChI=1S/C19H23FN4O2/c1-12-17(22-13(2)23-18(12)25)24-9-7-15(8-10-24)19(26)21-11-14-3-5-16(20)6-4-14/h3-6,15H,7-11H2,1-2H3,(H,21,26)(H,22,23,25). The number of benzene rings is 1. The summed E-state index contributed by atoms with van der Waals surface area (Å²) in [6, 6.07) is 6.11. The van der Waals surface area contributed by atoms with E-state index in [0.29, 0.717) is 49.7 Å². The first-order valence-corrected chi connectivity index (χ1v) is 8.78. The molecule has 1 saturated heterocycles. The number of halogens is 1. The molecular weight excluding hydrogens is 335 g/mol. The Morgan fingerprint density at radius 1 is 1.27 bits per heavy atom. The zero-order valence-corrected chi connectivity index (χ0v) is 15.0. The fraction of sp³-hybridized carbons (Fsp3) is 0.421. The number of aromatic nitrogens is 2. The molecular formula is C19H23FN4O2. The van der Waals surface area contributed by atoms with Crippen molar-refractivity contribution < 1.29 is 9.18 Å². The number of piperidine rings is 1. The smallest absolute Gasteiger partial charge is 0.255 e. The molecule has 0 radical (unpaired) electrons. The van der Waals surface area contributed by atoms with E-state index >= 15 is 0 Å². The van der Waals surface area contributed by atoms with Crippen LogP contribution in [0.1, 0.15) is 29.8 Å². The predicted molar refractivity (Wildman–Crippen MR) is 97.5 cm³/mol. The summed E-state index contributed by atoms with van der Waals surface area (Å²) in [5.74, 6) is 0.966. The Balaban J connectivity index is 1.55. The van der Waals surface area contributed by atoms with Crippen molar-refractivity contribution in [3.63, 3.8) is 0 Å². The van der Waals surface area contributed by atoms with E-state index in [1.807, 2.05) is 0 Å². The minimum absolute atomic E-state index is 0.0146. The molecule has 1 aromatic heterocycles. The van der Waals surface area contributed by atoms with Gasteiger partial charge in [-0.2, -0.15) is 0 Å². The lowest BCUT2D eigenvalue weighted by Crippen LogP contribution is -2.41. The van der Waals surface area contributed by atoms with E-state index in [9.17, 15) is 14.0 Å². The molecule has 2 N–H and O–H groups in total. The lowest BCUT2D eigenvalue weighted by Gasteiger charge is -2.32. The summed E-state index contributed by atoms with van der Waals surface area (Å²) < 4.78 is 12.9. The van der Waals surface area contributed by atoms with Crippen LogP contribution in [0.25, 0.3) is 0 Å². The van der Waals surface area contributed by atoms with Gasteiger partial charge in [0.15, 0.2) is 0 Å². The van der Waals surface area contributed by atoms with Gasteiger partial charge < -0.3 is 15.2 Å². The second-order valence-corrected chi connectivity index (χ2v) is 6.71. The summed E-state index contributed by atoms with van der Waals surface area (Å²) in [6.45, 7) is 5.30. The fourth-order valence-electron chi connectivity index (χ4n) is 3.23. The number of rotatable bonds is 4. The number of carbonyl (C=O) groups is 1. The number of carbonyl (C=O) groups excluding carboxylic acids is 1. The normalized spacial score (nSPS) is 15.1. The van der Waals surface area contributed by atoms with Gasteiger partial charge in [0.25, 0.3) is 5.56 Å². The zero-order chi connectivity index (χ0) is 18.7. The third kappa shape index (κ3) is 4.09. The maximum Gasteiger partial charge on any atom is 0.255 e. The zero-order valence-electron chi connectivity index (χ0n) is 15.0. The second-order valence-electron chi connectivity index (χ2n) is 6.71. The maximum absolute atomic E-state index is 12.9. The van der Waals surface area contributed by atoms with Crippen LogP contribution in [0.15, 0.2) is 29.1 Å². The SMILES string of the molecule is Cc1nc(N2CCC(C(=O)NCc3ccc(F)cc3)CC2)c(C)c(=O)[nH]1. The van der Waals surface area contributed by atoms with E-state index in [0.717, 1.165) is 5.56 Å². The molecule has 26 heavy (non-hydrogen) atoms. The predicted octanol–water partition coefficient (Wildman–Crippen LogP) is 2.06. The molecule has 138 valence electrons. The number of hydrogen-bond donors (Lipinski definition) is 2. The topological polar surface area (TPSA) is 78.1 Å². The molecule has 2 aromatic rings. The van der Waals surface area contributed by atoms with Crippen LogP contribution in [0.2, 0.25) is 0 Å². The van der Waals surface area contributed by atoms with E-state index in [-0.39, 0.29) is 23.2 Å². The Bertz CT molecular complexity index is 840. The van der Waals surface area contributed by atoms with Gasteiger partial charge in [-0.1, -0.05) is 12.1 Å². The minimum Gasteiger partial charge on any atom is -0.356 e. The number of aryl methyl sites for hydroxylation is 1. The fourth-order valence-corrected chi connectivity index (χ4v) is 3.23. The first-order chi connectivity index (χ1) is 12.4. The summed E-state index contributed by atoms with van der Waals surface area (Å²) in [5.41, 5.74) is 1.36. The number of nitrogens with one attached hydrogen (secondary N) is 2. The van der Waals surface area contributed by atoms with Gasteiger partial charge in [0.05, 0.1) is 5.56 Å². The average Bonchev–Trinajstić information content (AvgIpc) is 2.64. The average molecular weight is 358 g/mol. The molecule has 1 aliphatic rings. The van der Waals surface area contributed by atoms with Gasteiger partial charge in [0.1, 0.15) is 17.5 Å². The molecule has 2 heterocycles. The molecule has 3 rings (SSSR count). The molecule has 1 aliphatic heterocycles. The molecule has 0 spiro atoms. The van der Waals surface area contributed by atoms with E-state index in [2.05, 4.69) is 20.2 Å². The van der Waals surface area contributed by atoms with Crippen LogP contribution >= 0.6 is 0 Å². The third-order valence-corrected chi connectivity index (χ3v) is 4.79.